The first-order valence-electron chi connectivity index (χ1n) is 7.61. The molecule has 0 aliphatic carbocycles. The highest BCUT2D eigenvalue weighted by molar-refractivity contribution is 5.48. The average molecular weight is 275 g/mol. The molecule has 2 fully saturated rings. The number of pyridine rings is 1. The molecule has 3 rings (SSSR count). The van der Waals surface area contributed by atoms with Gasteiger partial charge in [-0.25, -0.2) is 4.98 Å². The molecule has 2 aliphatic heterocycles. The molecule has 110 valence electrons. The van der Waals surface area contributed by atoms with E-state index >= 15 is 0 Å². The quantitative estimate of drug-likeness (QED) is 0.868. The number of rotatable bonds is 2. The summed E-state index contributed by atoms with van der Waals surface area (Å²) in [5.41, 5.74) is 6.84. The Morgan fingerprint density at radius 3 is 2.35 bits per heavy atom. The lowest BCUT2D eigenvalue weighted by Gasteiger charge is -2.42. The maximum Gasteiger partial charge on any atom is 0.123 e. The first kappa shape index (κ1) is 13.6. The highest BCUT2D eigenvalue weighted by Crippen LogP contribution is 2.20. The smallest absolute Gasteiger partial charge is 0.123 e. The maximum atomic E-state index is 5.65. The summed E-state index contributed by atoms with van der Waals surface area (Å²) in [4.78, 5) is 11.7. The standard InChI is InChI=1S/C15H25N5/c1-18-6-4-13(5-7-18)19-8-10-20(11-9-19)14-2-3-15(16)17-12-14/h2-3,12-13H,4-11H2,1H3,(H2,16,17). The van der Waals surface area contributed by atoms with E-state index in [1.54, 1.807) is 0 Å². The summed E-state index contributed by atoms with van der Waals surface area (Å²) in [6.07, 6.45) is 4.53. The molecule has 0 amide bonds. The van der Waals surface area contributed by atoms with Crippen molar-refractivity contribution in [1.82, 2.24) is 14.8 Å². The minimum Gasteiger partial charge on any atom is -0.384 e. The summed E-state index contributed by atoms with van der Waals surface area (Å²) in [6, 6.07) is 4.75. The van der Waals surface area contributed by atoms with E-state index in [-0.39, 0.29) is 0 Å². The van der Waals surface area contributed by atoms with E-state index in [2.05, 4.69) is 32.8 Å². The van der Waals surface area contributed by atoms with Gasteiger partial charge in [-0.05, 0) is 45.1 Å². The third-order valence-electron chi connectivity index (χ3n) is 4.65. The van der Waals surface area contributed by atoms with Gasteiger partial charge in [0.25, 0.3) is 0 Å². The summed E-state index contributed by atoms with van der Waals surface area (Å²) < 4.78 is 0. The van der Waals surface area contributed by atoms with Crippen LogP contribution in [0.25, 0.3) is 0 Å². The molecule has 2 aliphatic rings. The SMILES string of the molecule is CN1CCC(N2CCN(c3ccc(N)nc3)CC2)CC1. The van der Waals surface area contributed by atoms with Crippen molar-refractivity contribution in [3.05, 3.63) is 18.3 Å². The van der Waals surface area contributed by atoms with Crippen LogP contribution in [0.5, 0.6) is 0 Å². The van der Waals surface area contributed by atoms with Gasteiger partial charge < -0.3 is 15.5 Å². The number of hydrogen-bond donors (Lipinski definition) is 1. The maximum absolute atomic E-state index is 5.65. The van der Waals surface area contributed by atoms with Crippen LogP contribution in [0.3, 0.4) is 0 Å². The number of anilines is 2. The van der Waals surface area contributed by atoms with E-state index in [4.69, 9.17) is 5.73 Å². The minimum atomic E-state index is 0.596. The van der Waals surface area contributed by atoms with Crippen LogP contribution in [0.1, 0.15) is 12.8 Å². The summed E-state index contributed by atoms with van der Waals surface area (Å²) >= 11 is 0. The fourth-order valence-electron chi connectivity index (χ4n) is 3.29. The van der Waals surface area contributed by atoms with Gasteiger partial charge in [-0.1, -0.05) is 0 Å². The molecule has 1 aromatic rings. The van der Waals surface area contributed by atoms with Crippen molar-refractivity contribution in [2.45, 2.75) is 18.9 Å². The third kappa shape index (κ3) is 3.04. The fourth-order valence-corrected chi connectivity index (χ4v) is 3.29. The Balaban J connectivity index is 1.53. The largest absolute Gasteiger partial charge is 0.384 e. The number of piperidine rings is 1. The fraction of sp³-hybridized carbons (Fsp3) is 0.667. The van der Waals surface area contributed by atoms with Crippen LogP contribution in [0.4, 0.5) is 11.5 Å². The van der Waals surface area contributed by atoms with Crippen molar-refractivity contribution in [2.24, 2.45) is 0 Å². The zero-order valence-electron chi connectivity index (χ0n) is 12.3. The van der Waals surface area contributed by atoms with E-state index in [0.29, 0.717) is 5.82 Å². The summed E-state index contributed by atoms with van der Waals surface area (Å²) in [7, 11) is 2.22. The second-order valence-corrected chi connectivity index (χ2v) is 6.00. The van der Waals surface area contributed by atoms with Crippen molar-refractivity contribution in [1.29, 1.82) is 0 Å². The Morgan fingerprint density at radius 2 is 1.75 bits per heavy atom. The van der Waals surface area contributed by atoms with Gasteiger partial charge in [0.15, 0.2) is 0 Å². The monoisotopic (exact) mass is 275 g/mol. The van der Waals surface area contributed by atoms with Gasteiger partial charge in [0, 0.05) is 32.2 Å². The Labute approximate surface area is 121 Å². The summed E-state index contributed by atoms with van der Waals surface area (Å²) in [5, 5.41) is 0. The van der Waals surface area contributed by atoms with Gasteiger partial charge in [-0.3, -0.25) is 4.90 Å². The van der Waals surface area contributed by atoms with E-state index in [0.717, 1.165) is 19.1 Å². The second kappa shape index (κ2) is 5.97. The number of aromatic nitrogens is 1. The van der Waals surface area contributed by atoms with E-state index in [1.807, 2.05) is 12.3 Å². The predicted molar refractivity (Wildman–Crippen MR) is 83.0 cm³/mol. The molecule has 0 radical (unpaired) electrons. The molecule has 1 aromatic heterocycles. The van der Waals surface area contributed by atoms with Gasteiger partial charge in [0.05, 0.1) is 11.9 Å². The number of piperazine rings is 1. The Hall–Kier alpha value is -1.33. The molecule has 0 bridgehead atoms. The van der Waals surface area contributed by atoms with Gasteiger partial charge in [-0.2, -0.15) is 0 Å². The molecule has 0 spiro atoms. The highest BCUT2D eigenvalue weighted by atomic mass is 15.3. The van der Waals surface area contributed by atoms with E-state index in [1.165, 1.54) is 44.7 Å². The Bertz CT molecular complexity index is 416. The van der Waals surface area contributed by atoms with Crippen molar-refractivity contribution in [3.63, 3.8) is 0 Å². The topological polar surface area (TPSA) is 48.6 Å². The number of nitrogen functional groups attached to an aromatic ring is 1. The number of nitrogens with zero attached hydrogens (tertiary/aromatic N) is 4. The third-order valence-corrected chi connectivity index (χ3v) is 4.65. The van der Waals surface area contributed by atoms with Gasteiger partial charge in [-0.15, -0.1) is 0 Å². The molecular weight excluding hydrogens is 250 g/mol. The van der Waals surface area contributed by atoms with Crippen molar-refractivity contribution in [3.8, 4) is 0 Å². The van der Waals surface area contributed by atoms with Crippen LogP contribution in [0.15, 0.2) is 18.3 Å². The van der Waals surface area contributed by atoms with Crippen LogP contribution in [-0.4, -0.2) is 67.1 Å². The normalized spacial score (nSPS) is 23.1. The van der Waals surface area contributed by atoms with Gasteiger partial charge in [0.1, 0.15) is 5.82 Å². The van der Waals surface area contributed by atoms with Crippen LogP contribution in [0, 0.1) is 0 Å². The zero-order valence-corrected chi connectivity index (χ0v) is 12.3. The Morgan fingerprint density at radius 1 is 1.05 bits per heavy atom. The molecule has 0 saturated carbocycles. The first-order valence-corrected chi connectivity index (χ1v) is 7.61. The molecule has 5 nitrogen and oxygen atoms in total. The van der Waals surface area contributed by atoms with Crippen LogP contribution < -0.4 is 10.6 Å². The summed E-state index contributed by atoms with van der Waals surface area (Å²) in [5.74, 6) is 0.596. The zero-order chi connectivity index (χ0) is 13.9. The van der Waals surface area contributed by atoms with Gasteiger partial charge in [0.2, 0.25) is 0 Å². The van der Waals surface area contributed by atoms with Crippen LogP contribution in [-0.2, 0) is 0 Å². The highest BCUT2D eigenvalue weighted by Gasteiger charge is 2.26. The Kier molecular flexibility index (Phi) is 4.08. The number of nitrogens with two attached hydrogens (primary N) is 1. The molecule has 20 heavy (non-hydrogen) atoms. The van der Waals surface area contributed by atoms with Crippen LogP contribution in [0.2, 0.25) is 0 Å². The van der Waals surface area contributed by atoms with Gasteiger partial charge >= 0.3 is 0 Å². The van der Waals surface area contributed by atoms with Crippen molar-refractivity contribution < 1.29 is 0 Å². The molecular formula is C15H25N5. The molecule has 0 aromatic carbocycles. The molecule has 2 saturated heterocycles. The van der Waals surface area contributed by atoms with E-state index in [9.17, 15) is 0 Å². The second-order valence-electron chi connectivity index (χ2n) is 6.00. The average Bonchev–Trinajstić information content (AvgIpc) is 2.49. The first-order chi connectivity index (χ1) is 9.72. The lowest BCUT2D eigenvalue weighted by Crippen LogP contribution is -2.53. The summed E-state index contributed by atoms with van der Waals surface area (Å²) in [6.45, 7) is 7.01. The minimum absolute atomic E-state index is 0.596. The number of hydrogen-bond acceptors (Lipinski definition) is 5. The van der Waals surface area contributed by atoms with Crippen molar-refractivity contribution in [2.75, 3.05) is 56.9 Å². The van der Waals surface area contributed by atoms with Crippen molar-refractivity contribution >= 4 is 11.5 Å². The molecule has 3 heterocycles. The lowest BCUT2D eigenvalue weighted by molar-refractivity contribution is 0.115. The van der Waals surface area contributed by atoms with Crippen LogP contribution >= 0.6 is 0 Å². The molecule has 0 unspecified atom stereocenters. The molecule has 5 heteroatoms. The van der Waals surface area contributed by atoms with E-state index < -0.39 is 0 Å². The molecule has 0 atom stereocenters. The number of likely N-dealkylation sites (tertiary alicyclic amines) is 1. The lowest BCUT2D eigenvalue weighted by atomic mass is 10.0. The molecule has 2 N–H and O–H groups in total. The predicted octanol–water partition coefficient (Wildman–Crippen LogP) is 0.880.